The Kier molecular flexibility index (Phi) is 12.6. The summed E-state index contributed by atoms with van der Waals surface area (Å²) in [6.07, 6.45) is 5.46. The van der Waals surface area contributed by atoms with Crippen LogP contribution in [0.3, 0.4) is 0 Å². The van der Waals surface area contributed by atoms with E-state index in [4.69, 9.17) is 28.5 Å². The Bertz CT molecular complexity index is 1320. The lowest BCUT2D eigenvalue weighted by atomic mass is 9.96. The van der Waals surface area contributed by atoms with Crippen LogP contribution >= 0.6 is 11.6 Å². The van der Waals surface area contributed by atoms with Crippen molar-refractivity contribution < 1.29 is 23.9 Å². The number of ether oxygens (including phenoxy) is 1. The van der Waals surface area contributed by atoms with Crippen LogP contribution in [0.25, 0.3) is 0 Å². The van der Waals surface area contributed by atoms with Gasteiger partial charge >= 0.3 is 6.09 Å². The summed E-state index contributed by atoms with van der Waals surface area (Å²) in [4.78, 5) is 54.9. The van der Waals surface area contributed by atoms with Crippen molar-refractivity contribution in [2.75, 3.05) is 5.32 Å². The van der Waals surface area contributed by atoms with Gasteiger partial charge in [0.15, 0.2) is 0 Å². The molecule has 0 spiro atoms. The number of para-hydroxylation sites is 1. The molecular formula is C33H43ClN4O5. The summed E-state index contributed by atoms with van der Waals surface area (Å²) in [6.45, 7) is 12.8. The highest BCUT2D eigenvalue weighted by atomic mass is 35.5. The van der Waals surface area contributed by atoms with Gasteiger partial charge in [-0.15, -0.1) is 6.42 Å². The number of hydrogen-bond donors (Lipinski definition) is 3. The number of halogens is 1. The van der Waals surface area contributed by atoms with Crippen LogP contribution < -0.4 is 16.4 Å². The number of alkyl carbamates (subject to hydrolysis) is 1. The standard InChI is InChI=1S/C33H43ClN4O5/c1-9-23-15-17-24(18-16-23)29(30(40)37-28-21(4)11-10-12-25(28)34)38(22(5)14-13-20(2)3)31(41)26(19-27(35)39)36-32(42)43-33(6,7)8/h1,10-12,15-18,20,22,26,29H,13-14,19H2,2-8H3,(H2,35,39)(H,36,42)(H,37,40). The van der Waals surface area contributed by atoms with E-state index in [1.54, 1.807) is 70.2 Å². The molecule has 0 aromatic heterocycles. The number of anilines is 1. The maximum absolute atomic E-state index is 14.4. The van der Waals surface area contributed by atoms with Crippen LogP contribution in [-0.2, 0) is 19.1 Å². The van der Waals surface area contributed by atoms with Crippen LogP contribution in [0.5, 0.6) is 0 Å². The van der Waals surface area contributed by atoms with E-state index in [1.807, 2.05) is 6.92 Å². The molecule has 3 unspecified atom stereocenters. The van der Waals surface area contributed by atoms with Gasteiger partial charge in [0.25, 0.3) is 5.91 Å². The molecule has 10 heteroatoms. The molecular weight excluding hydrogens is 568 g/mol. The SMILES string of the molecule is C#Cc1ccc(C(C(=O)Nc2c(C)cccc2Cl)N(C(=O)C(CC(N)=O)NC(=O)OC(C)(C)C)C(C)CCC(C)C)cc1. The summed E-state index contributed by atoms with van der Waals surface area (Å²) < 4.78 is 5.36. The monoisotopic (exact) mass is 610 g/mol. The Hall–Kier alpha value is -4.03. The molecule has 2 aromatic rings. The van der Waals surface area contributed by atoms with Gasteiger partial charge in [0, 0.05) is 11.6 Å². The molecule has 0 aliphatic heterocycles. The third-order valence-electron chi connectivity index (χ3n) is 6.68. The molecule has 4 N–H and O–H groups in total. The van der Waals surface area contributed by atoms with Crippen LogP contribution in [0.2, 0.25) is 5.02 Å². The predicted molar refractivity (Wildman–Crippen MR) is 169 cm³/mol. The van der Waals surface area contributed by atoms with Gasteiger partial charge in [-0.25, -0.2) is 4.79 Å². The zero-order chi connectivity index (χ0) is 32.5. The highest BCUT2D eigenvalue weighted by Crippen LogP contribution is 2.32. The van der Waals surface area contributed by atoms with Crippen LogP contribution in [0.15, 0.2) is 42.5 Å². The summed E-state index contributed by atoms with van der Waals surface area (Å²) in [5, 5.41) is 5.74. The average Bonchev–Trinajstić information content (AvgIpc) is 2.90. The first kappa shape index (κ1) is 35.2. The summed E-state index contributed by atoms with van der Waals surface area (Å²) in [5.74, 6) is 0.851. The minimum Gasteiger partial charge on any atom is -0.444 e. The van der Waals surface area contributed by atoms with E-state index >= 15 is 0 Å². The highest BCUT2D eigenvalue weighted by molar-refractivity contribution is 6.34. The van der Waals surface area contributed by atoms with Crippen molar-refractivity contribution in [2.24, 2.45) is 11.7 Å². The van der Waals surface area contributed by atoms with Gasteiger partial charge in [0.2, 0.25) is 11.8 Å². The number of aryl methyl sites for hydroxylation is 1. The maximum Gasteiger partial charge on any atom is 0.408 e. The van der Waals surface area contributed by atoms with E-state index in [0.717, 1.165) is 12.0 Å². The van der Waals surface area contributed by atoms with Crippen LogP contribution in [0.1, 0.15) is 83.5 Å². The fourth-order valence-corrected chi connectivity index (χ4v) is 4.79. The van der Waals surface area contributed by atoms with Crippen LogP contribution in [0, 0.1) is 25.2 Å². The molecule has 0 heterocycles. The van der Waals surface area contributed by atoms with E-state index < -0.39 is 54.0 Å². The minimum absolute atomic E-state index is 0.314. The van der Waals surface area contributed by atoms with Crippen LogP contribution in [0.4, 0.5) is 10.5 Å². The van der Waals surface area contributed by atoms with Crippen molar-refractivity contribution in [3.8, 4) is 12.3 Å². The van der Waals surface area contributed by atoms with Crippen molar-refractivity contribution in [1.82, 2.24) is 10.2 Å². The molecule has 2 aromatic carbocycles. The second-order valence-corrected chi connectivity index (χ2v) is 12.4. The smallest absolute Gasteiger partial charge is 0.408 e. The number of nitrogens with one attached hydrogen (secondary N) is 2. The molecule has 232 valence electrons. The van der Waals surface area contributed by atoms with E-state index in [-0.39, 0.29) is 0 Å². The highest BCUT2D eigenvalue weighted by Gasteiger charge is 2.39. The third-order valence-corrected chi connectivity index (χ3v) is 6.99. The topological polar surface area (TPSA) is 131 Å². The maximum atomic E-state index is 14.4. The number of terminal acetylenes is 1. The Morgan fingerprint density at radius 1 is 1.05 bits per heavy atom. The number of nitrogens with zero attached hydrogens (tertiary/aromatic N) is 1. The molecule has 0 radical (unpaired) electrons. The zero-order valence-corrected chi connectivity index (χ0v) is 26.7. The number of nitrogens with two attached hydrogens (primary N) is 1. The number of carbonyl (C=O) groups is 4. The zero-order valence-electron chi connectivity index (χ0n) is 26.0. The van der Waals surface area contributed by atoms with Crippen molar-refractivity contribution in [1.29, 1.82) is 0 Å². The number of benzene rings is 2. The number of hydrogen-bond acceptors (Lipinski definition) is 5. The predicted octanol–water partition coefficient (Wildman–Crippen LogP) is 5.73. The van der Waals surface area contributed by atoms with E-state index in [0.29, 0.717) is 34.2 Å². The summed E-state index contributed by atoms with van der Waals surface area (Å²) in [5.41, 5.74) is 6.85. The van der Waals surface area contributed by atoms with Crippen molar-refractivity contribution in [2.45, 2.75) is 91.5 Å². The molecule has 9 nitrogen and oxygen atoms in total. The van der Waals surface area contributed by atoms with E-state index in [9.17, 15) is 19.2 Å². The first-order chi connectivity index (χ1) is 20.0. The lowest BCUT2D eigenvalue weighted by molar-refractivity contribution is -0.144. The molecule has 3 atom stereocenters. The first-order valence-electron chi connectivity index (χ1n) is 14.3. The fourth-order valence-electron chi connectivity index (χ4n) is 4.53. The van der Waals surface area contributed by atoms with Gasteiger partial charge in [-0.3, -0.25) is 14.4 Å². The molecule has 0 aliphatic carbocycles. The van der Waals surface area contributed by atoms with Crippen molar-refractivity contribution >= 4 is 41.1 Å². The van der Waals surface area contributed by atoms with Gasteiger partial charge < -0.3 is 26.0 Å². The average molecular weight is 611 g/mol. The van der Waals surface area contributed by atoms with Gasteiger partial charge in [-0.1, -0.05) is 55.6 Å². The third kappa shape index (κ3) is 10.6. The number of amides is 4. The fraction of sp³-hybridized carbons (Fsp3) is 0.455. The van der Waals surface area contributed by atoms with E-state index in [2.05, 4.69) is 30.4 Å². The lowest BCUT2D eigenvalue weighted by Crippen LogP contribution is -2.55. The molecule has 2 rings (SSSR count). The molecule has 0 bridgehead atoms. The van der Waals surface area contributed by atoms with E-state index in [1.165, 1.54) is 4.90 Å². The molecule has 43 heavy (non-hydrogen) atoms. The Balaban J connectivity index is 2.70. The van der Waals surface area contributed by atoms with Gasteiger partial charge in [0.05, 0.1) is 17.1 Å². The first-order valence-corrected chi connectivity index (χ1v) is 14.6. The quantitative estimate of drug-likeness (QED) is 0.264. The van der Waals surface area contributed by atoms with Gasteiger partial charge in [-0.05, 0) is 82.7 Å². The Morgan fingerprint density at radius 2 is 1.67 bits per heavy atom. The largest absolute Gasteiger partial charge is 0.444 e. The molecule has 0 saturated heterocycles. The summed E-state index contributed by atoms with van der Waals surface area (Å²) in [7, 11) is 0. The number of carbonyl (C=O) groups excluding carboxylic acids is 4. The molecule has 4 amide bonds. The van der Waals surface area contributed by atoms with Gasteiger partial charge in [0.1, 0.15) is 17.7 Å². The number of primary amides is 1. The van der Waals surface area contributed by atoms with Gasteiger partial charge in [-0.2, -0.15) is 0 Å². The molecule has 0 saturated carbocycles. The van der Waals surface area contributed by atoms with Crippen LogP contribution in [-0.4, -0.2) is 46.4 Å². The number of rotatable bonds is 12. The molecule has 0 fully saturated rings. The minimum atomic E-state index is -1.39. The molecule has 0 aliphatic rings. The summed E-state index contributed by atoms with van der Waals surface area (Å²) >= 11 is 6.44. The normalized spacial score (nSPS) is 13.3. The Morgan fingerprint density at radius 3 is 2.19 bits per heavy atom. The van der Waals surface area contributed by atoms with Crippen molar-refractivity contribution in [3.05, 3.63) is 64.2 Å². The Labute approximate surface area is 259 Å². The second kappa shape index (κ2) is 15.4. The lowest BCUT2D eigenvalue weighted by Gasteiger charge is -2.38. The summed E-state index contributed by atoms with van der Waals surface area (Å²) in [6, 6.07) is 8.87. The van der Waals surface area contributed by atoms with Crippen molar-refractivity contribution in [3.63, 3.8) is 0 Å². The second-order valence-electron chi connectivity index (χ2n) is 12.0.